The number of carbonyl (C=O) groups is 1. The van der Waals surface area contributed by atoms with Crippen molar-refractivity contribution >= 4 is 17.3 Å². The minimum absolute atomic E-state index is 0.386. The largest absolute Gasteiger partial charge is 0.396 e. The second-order valence-corrected chi connectivity index (χ2v) is 4.55. The van der Waals surface area contributed by atoms with Crippen molar-refractivity contribution in [3.63, 3.8) is 0 Å². The first-order chi connectivity index (χ1) is 7.58. The third kappa shape index (κ3) is 1.96. The van der Waals surface area contributed by atoms with Gasteiger partial charge in [0.05, 0.1) is 16.9 Å². The summed E-state index contributed by atoms with van der Waals surface area (Å²) in [5, 5.41) is 3.34. The number of nitrogens with two attached hydrogens (primary N) is 2. The molecule has 2 rings (SSSR count). The van der Waals surface area contributed by atoms with Crippen molar-refractivity contribution in [2.45, 2.75) is 25.8 Å². The third-order valence-corrected chi connectivity index (χ3v) is 3.10. The predicted octanol–water partition coefficient (Wildman–Crippen LogP) is 1.58. The van der Waals surface area contributed by atoms with Gasteiger partial charge in [0, 0.05) is 6.04 Å². The molecule has 4 nitrogen and oxygen atoms in total. The predicted molar refractivity (Wildman–Crippen MR) is 65.2 cm³/mol. The van der Waals surface area contributed by atoms with E-state index in [2.05, 4.69) is 12.2 Å². The molecule has 5 N–H and O–H groups in total. The normalized spacial score (nSPS) is 23.6. The van der Waals surface area contributed by atoms with Crippen molar-refractivity contribution in [3.8, 4) is 0 Å². The van der Waals surface area contributed by atoms with Gasteiger partial charge in [0.1, 0.15) is 0 Å². The number of hydrogen-bond acceptors (Lipinski definition) is 3. The van der Waals surface area contributed by atoms with Crippen LogP contribution in [0.15, 0.2) is 18.2 Å². The van der Waals surface area contributed by atoms with Crippen LogP contribution >= 0.6 is 0 Å². The molecule has 1 aliphatic rings. The minimum atomic E-state index is -0.483. The molecule has 0 bridgehead atoms. The lowest BCUT2D eigenvalue weighted by Gasteiger charge is -2.34. The highest BCUT2D eigenvalue weighted by atomic mass is 16.1. The van der Waals surface area contributed by atoms with E-state index in [9.17, 15) is 4.79 Å². The molecule has 0 radical (unpaired) electrons. The van der Waals surface area contributed by atoms with Crippen LogP contribution in [-0.2, 0) is 0 Å². The molecule has 0 heterocycles. The highest BCUT2D eigenvalue weighted by Gasteiger charge is 2.25. The summed E-state index contributed by atoms with van der Waals surface area (Å²) >= 11 is 0. The molecule has 4 heteroatoms. The number of anilines is 2. The topological polar surface area (TPSA) is 81.1 Å². The zero-order chi connectivity index (χ0) is 11.7. The van der Waals surface area contributed by atoms with Crippen LogP contribution in [0, 0.1) is 5.92 Å². The number of carbonyl (C=O) groups excluding carboxylic acids is 1. The van der Waals surface area contributed by atoms with Gasteiger partial charge in [-0.25, -0.2) is 0 Å². The fourth-order valence-electron chi connectivity index (χ4n) is 2.15. The van der Waals surface area contributed by atoms with E-state index in [0.717, 1.165) is 24.4 Å². The number of para-hydroxylation sites is 1. The Balaban J connectivity index is 2.15. The van der Waals surface area contributed by atoms with Gasteiger partial charge in [0.2, 0.25) is 0 Å². The Hall–Kier alpha value is -1.71. The molecule has 0 unspecified atom stereocenters. The number of primary amides is 1. The van der Waals surface area contributed by atoms with Crippen LogP contribution in [0.2, 0.25) is 0 Å². The van der Waals surface area contributed by atoms with Crippen molar-refractivity contribution < 1.29 is 4.79 Å². The second kappa shape index (κ2) is 4.04. The second-order valence-electron chi connectivity index (χ2n) is 4.55. The van der Waals surface area contributed by atoms with Crippen molar-refractivity contribution in [2.24, 2.45) is 11.7 Å². The van der Waals surface area contributed by atoms with E-state index in [1.807, 2.05) is 6.07 Å². The van der Waals surface area contributed by atoms with Crippen LogP contribution in [-0.4, -0.2) is 11.9 Å². The first-order valence-electron chi connectivity index (χ1n) is 5.52. The van der Waals surface area contributed by atoms with E-state index in [0.29, 0.717) is 17.3 Å². The standard InChI is InChI=1S/C12H17N3O/c1-7-5-8(6-7)15-10-4-2-3-9(11(10)13)12(14)16/h2-4,7-8,15H,5-6,13H2,1H3,(H2,14,16). The zero-order valence-corrected chi connectivity index (χ0v) is 9.36. The summed E-state index contributed by atoms with van der Waals surface area (Å²) in [6.45, 7) is 2.22. The summed E-state index contributed by atoms with van der Waals surface area (Å²) in [5.41, 5.74) is 12.8. The lowest BCUT2D eigenvalue weighted by atomic mass is 9.82. The average molecular weight is 219 g/mol. The Morgan fingerprint density at radius 1 is 1.44 bits per heavy atom. The average Bonchev–Trinajstić information content (AvgIpc) is 2.18. The van der Waals surface area contributed by atoms with E-state index >= 15 is 0 Å². The molecule has 1 aliphatic carbocycles. The number of rotatable bonds is 3. The summed E-state index contributed by atoms with van der Waals surface area (Å²) in [6.07, 6.45) is 2.31. The molecule has 0 aliphatic heterocycles. The highest BCUT2D eigenvalue weighted by molar-refractivity contribution is 6.00. The molecule has 0 spiro atoms. The molecule has 1 aromatic rings. The Labute approximate surface area is 95.0 Å². The van der Waals surface area contributed by atoms with E-state index < -0.39 is 5.91 Å². The van der Waals surface area contributed by atoms with Crippen molar-refractivity contribution in [1.29, 1.82) is 0 Å². The van der Waals surface area contributed by atoms with Crippen LogP contribution in [0.3, 0.4) is 0 Å². The first-order valence-corrected chi connectivity index (χ1v) is 5.52. The number of hydrogen-bond donors (Lipinski definition) is 3. The minimum Gasteiger partial charge on any atom is -0.396 e. The molecule has 86 valence electrons. The smallest absolute Gasteiger partial charge is 0.250 e. The van der Waals surface area contributed by atoms with Gasteiger partial charge in [-0.2, -0.15) is 0 Å². The molecule has 16 heavy (non-hydrogen) atoms. The Kier molecular flexibility index (Phi) is 2.73. The van der Waals surface area contributed by atoms with Crippen LogP contribution in [0.4, 0.5) is 11.4 Å². The Morgan fingerprint density at radius 3 is 2.69 bits per heavy atom. The fraction of sp³-hybridized carbons (Fsp3) is 0.417. The van der Waals surface area contributed by atoms with Crippen molar-refractivity contribution in [3.05, 3.63) is 23.8 Å². The SMILES string of the molecule is CC1CC(Nc2cccc(C(N)=O)c2N)C1. The van der Waals surface area contributed by atoms with Gasteiger partial charge in [-0.15, -0.1) is 0 Å². The fourth-order valence-corrected chi connectivity index (χ4v) is 2.15. The molecule has 1 saturated carbocycles. The van der Waals surface area contributed by atoms with Gasteiger partial charge in [0.15, 0.2) is 0 Å². The van der Waals surface area contributed by atoms with Crippen molar-refractivity contribution in [1.82, 2.24) is 0 Å². The van der Waals surface area contributed by atoms with E-state index in [4.69, 9.17) is 11.5 Å². The van der Waals surface area contributed by atoms with Crippen molar-refractivity contribution in [2.75, 3.05) is 11.1 Å². The number of benzene rings is 1. The van der Waals surface area contributed by atoms with E-state index in [1.165, 1.54) is 0 Å². The Bertz CT molecular complexity index is 411. The maximum Gasteiger partial charge on any atom is 0.250 e. The van der Waals surface area contributed by atoms with Crippen LogP contribution in [0.5, 0.6) is 0 Å². The highest BCUT2D eigenvalue weighted by Crippen LogP contribution is 2.32. The molecular weight excluding hydrogens is 202 g/mol. The van der Waals surface area contributed by atoms with E-state index in [1.54, 1.807) is 12.1 Å². The lowest BCUT2D eigenvalue weighted by Crippen LogP contribution is -2.34. The Morgan fingerprint density at radius 2 is 2.12 bits per heavy atom. The monoisotopic (exact) mass is 219 g/mol. The van der Waals surface area contributed by atoms with Crippen LogP contribution in [0.25, 0.3) is 0 Å². The molecule has 1 aromatic carbocycles. The van der Waals surface area contributed by atoms with E-state index in [-0.39, 0.29) is 0 Å². The molecule has 0 saturated heterocycles. The van der Waals surface area contributed by atoms with Gasteiger partial charge in [-0.3, -0.25) is 4.79 Å². The molecule has 0 aromatic heterocycles. The van der Waals surface area contributed by atoms with Gasteiger partial charge in [0.25, 0.3) is 5.91 Å². The number of nitrogen functional groups attached to an aromatic ring is 1. The molecule has 0 atom stereocenters. The summed E-state index contributed by atoms with van der Waals surface area (Å²) in [7, 11) is 0. The summed E-state index contributed by atoms with van der Waals surface area (Å²) in [4.78, 5) is 11.1. The number of amides is 1. The maximum absolute atomic E-state index is 11.1. The van der Waals surface area contributed by atoms with Gasteiger partial charge in [-0.1, -0.05) is 13.0 Å². The molecule has 1 amide bonds. The lowest BCUT2D eigenvalue weighted by molar-refractivity contribution is 0.100. The summed E-state index contributed by atoms with van der Waals surface area (Å²) in [6, 6.07) is 5.79. The maximum atomic E-state index is 11.1. The molecule has 1 fully saturated rings. The third-order valence-electron chi connectivity index (χ3n) is 3.10. The first kappa shape index (κ1) is 10.8. The van der Waals surface area contributed by atoms with Gasteiger partial charge < -0.3 is 16.8 Å². The molecular formula is C12H17N3O. The van der Waals surface area contributed by atoms with Gasteiger partial charge in [-0.05, 0) is 30.9 Å². The van der Waals surface area contributed by atoms with Crippen LogP contribution < -0.4 is 16.8 Å². The number of nitrogens with one attached hydrogen (secondary N) is 1. The summed E-state index contributed by atoms with van der Waals surface area (Å²) < 4.78 is 0. The van der Waals surface area contributed by atoms with Crippen LogP contribution in [0.1, 0.15) is 30.1 Å². The summed E-state index contributed by atoms with van der Waals surface area (Å²) in [5.74, 6) is 0.293. The van der Waals surface area contributed by atoms with Gasteiger partial charge >= 0.3 is 0 Å². The quantitative estimate of drug-likeness (QED) is 0.675. The zero-order valence-electron chi connectivity index (χ0n) is 9.36.